The van der Waals surface area contributed by atoms with Gasteiger partial charge in [0.05, 0.1) is 7.11 Å². The van der Waals surface area contributed by atoms with Gasteiger partial charge in [-0.05, 0) is 35.9 Å². The van der Waals surface area contributed by atoms with Gasteiger partial charge in [0.25, 0.3) is 5.91 Å². The molecule has 0 aliphatic carbocycles. The van der Waals surface area contributed by atoms with Gasteiger partial charge in [-0.1, -0.05) is 55.6 Å². The standard InChI is InChI=1S/C17H14Br2ClNO3/c1-24-17(23)15(6-10-2-4-14(20)5-3-10)21-16(22)11-7-12(18)9-13(19)8-11/h2-5,7-9,15H,6H2,1H3,(H,21,22)/t15-/m0/s1. The molecule has 0 saturated carbocycles. The van der Waals surface area contributed by atoms with Crippen molar-refractivity contribution in [2.24, 2.45) is 0 Å². The van der Waals surface area contributed by atoms with Crippen molar-refractivity contribution >= 4 is 55.3 Å². The fraction of sp³-hybridized carbons (Fsp3) is 0.176. The van der Waals surface area contributed by atoms with Crippen LogP contribution in [0.4, 0.5) is 0 Å². The second-order valence-electron chi connectivity index (χ2n) is 5.04. The summed E-state index contributed by atoms with van der Waals surface area (Å²) >= 11 is 12.5. The monoisotopic (exact) mass is 473 g/mol. The Balaban J connectivity index is 2.17. The normalized spacial score (nSPS) is 11.7. The summed E-state index contributed by atoms with van der Waals surface area (Å²) in [5.41, 5.74) is 1.30. The molecular formula is C17H14Br2ClNO3. The average Bonchev–Trinajstić information content (AvgIpc) is 2.54. The number of carbonyl (C=O) groups excluding carboxylic acids is 2. The van der Waals surface area contributed by atoms with E-state index in [9.17, 15) is 9.59 Å². The third-order valence-electron chi connectivity index (χ3n) is 3.27. The summed E-state index contributed by atoms with van der Waals surface area (Å²) in [5.74, 6) is -0.867. The number of ether oxygens (including phenoxy) is 1. The van der Waals surface area contributed by atoms with Crippen LogP contribution in [-0.2, 0) is 16.0 Å². The van der Waals surface area contributed by atoms with Crippen LogP contribution in [0.5, 0.6) is 0 Å². The SMILES string of the molecule is COC(=O)[C@H](Cc1ccc(Cl)cc1)NC(=O)c1cc(Br)cc(Br)c1. The van der Waals surface area contributed by atoms with Crippen LogP contribution in [0, 0.1) is 0 Å². The first-order chi connectivity index (χ1) is 11.4. The molecule has 2 aromatic carbocycles. The fourth-order valence-electron chi connectivity index (χ4n) is 2.12. The molecule has 1 amide bonds. The lowest BCUT2D eigenvalue weighted by Gasteiger charge is -2.17. The molecule has 0 aliphatic heterocycles. The number of carbonyl (C=O) groups is 2. The number of nitrogens with one attached hydrogen (secondary N) is 1. The summed E-state index contributed by atoms with van der Waals surface area (Å²) in [5, 5.41) is 3.32. The Kier molecular flexibility index (Phi) is 6.83. The molecule has 4 nitrogen and oxygen atoms in total. The van der Waals surface area contributed by atoms with Crippen molar-refractivity contribution < 1.29 is 14.3 Å². The van der Waals surface area contributed by atoms with Gasteiger partial charge in [0.1, 0.15) is 6.04 Å². The molecular weight excluding hydrogens is 461 g/mol. The number of methoxy groups -OCH3 is 1. The molecule has 0 fully saturated rings. The van der Waals surface area contributed by atoms with Crippen LogP contribution >= 0.6 is 43.5 Å². The molecule has 0 aromatic heterocycles. The quantitative estimate of drug-likeness (QED) is 0.653. The van der Waals surface area contributed by atoms with Gasteiger partial charge in [-0.2, -0.15) is 0 Å². The molecule has 2 rings (SSSR count). The van der Waals surface area contributed by atoms with Crippen LogP contribution < -0.4 is 5.32 Å². The minimum absolute atomic E-state index is 0.310. The maximum Gasteiger partial charge on any atom is 0.328 e. The van der Waals surface area contributed by atoms with E-state index in [2.05, 4.69) is 37.2 Å². The minimum atomic E-state index is -0.790. The average molecular weight is 476 g/mol. The maximum absolute atomic E-state index is 12.4. The Bertz CT molecular complexity index is 730. The van der Waals surface area contributed by atoms with E-state index in [4.69, 9.17) is 16.3 Å². The van der Waals surface area contributed by atoms with Crippen molar-refractivity contribution in [3.8, 4) is 0 Å². The third-order valence-corrected chi connectivity index (χ3v) is 4.44. The predicted molar refractivity (Wildman–Crippen MR) is 100 cm³/mol. The van der Waals surface area contributed by atoms with Crippen LogP contribution in [0.15, 0.2) is 51.4 Å². The molecule has 0 aliphatic rings. The van der Waals surface area contributed by atoms with E-state index >= 15 is 0 Å². The molecule has 24 heavy (non-hydrogen) atoms. The summed E-state index contributed by atoms with van der Waals surface area (Å²) in [4.78, 5) is 24.4. The summed E-state index contributed by atoms with van der Waals surface area (Å²) < 4.78 is 6.31. The lowest BCUT2D eigenvalue weighted by molar-refractivity contribution is -0.142. The number of hydrogen-bond acceptors (Lipinski definition) is 3. The van der Waals surface area contributed by atoms with Crippen LogP contribution in [-0.4, -0.2) is 25.0 Å². The van der Waals surface area contributed by atoms with Crippen molar-refractivity contribution in [2.75, 3.05) is 7.11 Å². The molecule has 2 aromatic rings. The number of rotatable bonds is 5. The zero-order valence-corrected chi connectivity index (χ0v) is 16.6. The molecule has 0 spiro atoms. The smallest absolute Gasteiger partial charge is 0.328 e. The maximum atomic E-state index is 12.4. The first-order valence-electron chi connectivity index (χ1n) is 6.98. The molecule has 0 unspecified atom stereocenters. The highest BCUT2D eigenvalue weighted by atomic mass is 79.9. The summed E-state index contributed by atoms with van der Waals surface area (Å²) in [6.07, 6.45) is 0.310. The van der Waals surface area contributed by atoms with E-state index in [1.807, 2.05) is 6.07 Å². The number of benzene rings is 2. The first-order valence-corrected chi connectivity index (χ1v) is 8.94. The van der Waals surface area contributed by atoms with Crippen molar-refractivity contribution in [3.05, 3.63) is 67.6 Å². The van der Waals surface area contributed by atoms with Gasteiger partial charge in [-0.25, -0.2) is 4.79 Å². The number of esters is 1. The van der Waals surface area contributed by atoms with E-state index in [-0.39, 0.29) is 5.91 Å². The molecule has 0 radical (unpaired) electrons. The van der Waals surface area contributed by atoms with E-state index in [1.165, 1.54) is 7.11 Å². The van der Waals surface area contributed by atoms with E-state index in [0.29, 0.717) is 17.0 Å². The van der Waals surface area contributed by atoms with Gasteiger partial charge in [0, 0.05) is 26.0 Å². The third kappa shape index (κ3) is 5.33. The van der Waals surface area contributed by atoms with Crippen LogP contribution in [0.25, 0.3) is 0 Å². The minimum Gasteiger partial charge on any atom is -0.467 e. The summed E-state index contributed by atoms with van der Waals surface area (Å²) in [6, 6.07) is 11.5. The van der Waals surface area contributed by atoms with Gasteiger partial charge in [0.15, 0.2) is 0 Å². The van der Waals surface area contributed by atoms with Crippen LogP contribution in [0.1, 0.15) is 15.9 Å². The topological polar surface area (TPSA) is 55.4 Å². The summed E-state index contributed by atoms with van der Waals surface area (Å²) in [7, 11) is 1.29. The highest BCUT2D eigenvalue weighted by Gasteiger charge is 2.23. The molecule has 0 heterocycles. The highest BCUT2D eigenvalue weighted by molar-refractivity contribution is 9.11. The van der Waals surface area contributed by atoms with E-state index in [0.717, 1.165) is 14.5 Å². The number of amides is 1. The van der Waals surface area contributed by atoms with Gasteiger partial charge in [-0.3, -0.25) is 4.79 Å². The highest BCUT2D eigenvalue weighted by Crippen LogP contribution is 2.20. The Morgan fingerprint density at radius 1 is 1.12 bits per heavy atom. The van der Waals surface area contributed by atoms with Crippen molar-refractivity contribution in [1.82, 2.24) is 5.32 Å². The lowest BCUT2D eigenvalue weighted by Crippen LogP contribution is -2.43. The Morgan fingerprint density at radius 2 is 1.71 bits per heavy atom. The van der Waals surface area contributed by atoms with Gasteiger partial charge in [-0.15, -0.1) is 0 Å². The molecule has 0 bridgehead atoms. The number of hydrogen-bond donors (Lipinski definition) is 1. The van der Waals surface area contributed by atoms with Crippen LogP contribution in [0.3, 0.4) is 0 Å². The van der Waals surface area contributed by atoms with Crippen molar-refractivity contribution in [2.45, 2.75) is 12.5 Å². The Morgan fingerprint density at radius 3 is 2.25 bits per heavy atom. The number of halogens is 3. The Hall–Kier alpha value is -1.37. The van der Waals surface area contributed by atoms with E-state index in [1.54, 1.807) is 36.4 Å². The predicted octanol–water partition coefficient (Wildman–Crippen LogP) is 4.38. The van der Waals surface area contributed by atoms with Crippen LogP contribution in [0.2, 0.25) is 5.02 Å². The Labute approximate surface area is 161 Å². The molecule has 1 N–H and O–H groups in total. The zero-order valence-electron chi connectivity index (χ0n) is 12.7. The zero-order chi connectivity index (χ0) is 17.7. The molecule has 1 atom stereocenters. The van der Waals surface area contributed by atoms with Crippen molar-refractivity contribution in [1.29, 1.82) is 0 Å². The first kappa shape index (κ1) is 19.0. The largest absolute Gasteiger partial charge is 0.467 e. The second kappa shape index (κ2) is 8.65. The molecule has 7 heteroatoms. The summed E-state index contributed by atoms with van der Waals surface area (Å²) in [6.45, 7) is 0. The van der Waals surface area contributed by atoms with Gasteiger partial charge < -0.3 is 10.1 Å². The van der Waals surface area contributed by atoms with Gasteiger partial charge in [0.2, 0.25) is 0 Å². The van der Waals surface area contributed by atoms with Gasteiger partial charge >= 0.3 is 5.97 Å². The molecule has 126 valence electrons. The second-order valence-corrected chi connectivity index (χ2v) is 7.31. The fourth-order valence-corrected chi connectivity index (χ4v) is 3.54. The molecule has 0 saturated heterocycles. The van der Waals surface area contributed by atoms with E-state index < -0.39 is 12.0 Å². The van der Waals surface area contributed by atoms with Crippen molar-refractivity contribution in [3.63, 3.8) is 0 Å². The lowest BCUT2D eigenvalue weighted by atomic mass is 10.1.